The lowest BCUT2D eigenvalue weighted by molar-refractivity contribution is 0.276. The van der Waals surface area contributed by atoms with Gasteiger partial charge in [0.1, 0.15) is 0 Å². The van der Waals surface area contributed by atoms with Crippen molar-refractivity contribution in [3.05, 3.63) is 59.2 Å². The molecule has 248 valence electrons. The van der Waals surface area contributed by atoms with Gasteiger partial charge in [0, 0.05) is 5.92 Å². The number of benzene rings is 1. The van der Waals surface area contributed by atoms with Gasteiger partial charge in [0.05, 0.1) is 0 Å². The van der Waals surface area contributed by atoms with E-state index in [9.17, 15) is 4.39 Å². The first-order valence-corrected chi connectivity index (χ1v) is 18.0. The molecule has 3 rings (SSSR count). The van der Waals surface area contributed by atoms with Crippen LogP contribution in [0.4, 0.5) is 4.39 Å². The van der Waals surface area contributed by atoms with Gasteiger partial charge in [-0.25, -0.2) is 4.39 Å². The van der Waals surface area contributed by atoms with Crippen molar-refractivity contribution in [2.45, 2.75) is 178 Å². The Morgan fingerprint density at radius 1 is 0.976 bits per heavy atom. The van der Waals surface area contributed by atoms with Crippen LogP contribution < -0.4 is 0 Å². The summed E-state index contributed by atoms with van der Waals surface area (Å²) in [5.74, 6) is 2.94. The smallest absolute Gasteiger partial charge is 0.157 e. The fourth-order valence-electron chi connectivity index (χ4n) is 4.93. The molecular weight excluding hydrogens is 532 g/mol. The van der Waals surface area contributed by atoms with E-state index in [4.69, 9.17) is 0 Å². The third-order valence-electron chi connectivity index (χ3n) is 8.10. The van der Waals surface area contributed by atoms with E-state index < -0.39 is 5.00 Å². The third kappa shape index (κ3) is 25.5. The van der Waals surface area contributed by atoms with E-state index >= 15 is 0 Å². The van der Waals surface area contributed by atoms with Crippen LogP contribution in [0.15, 0.2) is 48.1 Å². The number of halogens is 1. The fraction of sp³-hybridized carbons (Fsp3) is 0.750. The Hall–Kier alpha value is -1.02. The number of aryl methyl sites for hydroxylation is 1. The summed E-state index contributed by atoms with van der Waals surface area (Å²) < 4.78 is 13.6. The molecule has 4 unspecified atom stereocenters. The average Bonchev–Trinajstić information content (AvgIpc) is 3.45. The second-order valence-electron chi connectivity index (χ2n) is 12.6. The maximum absolute atomic E-state index is 13.6. The Kier molecular flexibility index (Phi) is 31.1. The zero-order valence-electron chi connectivity index (χ0n) is 30.7. The van der Waals surface area contributed by atoms with Gasteiger partial charge in [-0.2, -0.15) is 0 Å². The predicted molar refractivity (Wildman–Crippen MR) is 198 cm³/mol. The van der Waals surface area contributed by atoms with Gasteiger partial charge < -0.3 is 0 Å². The van der Waals surface area contributed by atoms with Crippen molar-refractivity contribution in [2.24, 2.45) is 17.8 Å². The molecule has 0 bridgehead atoms. The number of rotatable bonds is 6. The molecule has 1 aromatic rings. The SMILES string of the molecule is C=C(C)C(C)=CCC.CC.CC1CCCC1.CCC.CCC1CCCC(C)C1.CCc1cccc(C(C)C(C)(F)S)c1. The van der Waals surface area contributed by atoms with Gasteiger partial charge in [0.25, 0.3) is 0 Å². The quantitative estimate of drug-likeness (QED) is 0.242. The lowest BCUT2D eigenvalue weighted by Gasteiger charge is -2.25. The second-order valence-corrected chi connectivity index (χ2v) is 13.4. The molecule has 0 spiro atoms. The summed E-state index contributed by atoms with van der Waals surface area (Å²) in [5, 5.41) is -1.45. The predicted octanol–water partition coefficient (Wildman–Crippen LogP) is 14.7. The summed E-state index contributed by atoms with van der Waals surface area (Å²) in [6, 6.07) is 8.05. The summed E-state index contributed by atoms with van der Waals surface area (Å²) >= 11 is 3.96. The van der Waals surface area contributed by atoms with Crippen LogP contribution in [0.1, 0.15) is 178 Å². The van der Waals surface area contributed by atoms with E-state index in [2.05, 4.69) is 92.8 Å². The van der Waals surface area contributed by atoms with Gasteiger partial charge in [0.15, 0.2) is 5.00 Å². The van der Waals surface area contributed by atoms with E-state index in [-0.39, 0.29) is 5.92 Å². The minimum absolute atomic E-state index is 0.183. The van der Waals surface area contributed by atoms with Crippen LogP contribution in [0, 0.1) is 17.8 Å². The molecule has 42 heavy (non-hydrogen) atoms. The highest BCUT2D eigenvalue weighted by Gasteiger charge is 2.27. The van der Waals surface area contributed by atoms with Crippen LogP contribution >= 0.6 is 12.6 Å². The Morgan fingerprint density at radius 2 is 1.50 bits per heavy atom. The van der Waals surface area contributed by atoms with Gasteiger partial charge in [-0.15, -0.1) is 12.6 Å². The summed E-state index contributed by atoms with van der Waals surface area (Å²) in [6.45, 7) is 30.8. The highest BCUT2D eigenvalue weighted by molar-refractivity contribution is 7.81. The first kappa shape index (κ1) is 45.4. The number of alkyl halides is 1. The zero-order chi connectivity index (χ0) is 33.1. The van der Waals surface area contributed by atoms with Crippen LogP contribution in [-0.2, 0) is 6.42 Å². The lowest BCUT2D eigenvalue weighted by Crippen LogP contribution is -2.18. The van der Waals surface area contributed by atoms with E-state index in [0.717, 1.165) is 36.2 Å². The average molecular weight is 607 g/mol. The van der Waals surface area contributed by atoms with Gasteiger partial charge in [-0.1, -0.05) is 175 Å². The molecule has 1 aromatic carbocycles. The summed E-state index contributed by atoms with van der Waals surface area (Å²) in [7, 11) is 0. The Labute approximate surface area is 271 Å². The van der Waals surface area contributed by atoms with Crippen molar-refractivity contribution in [3.63, 3.8) is 0 Å². The van der Waals surface area contributed by atoms with E-state index in [1.54, 1.807) is 0 Å². The minimum Gasteiger partial charge on any atom is -0.232 e. The summed E-state index contributed by atoms with van der Waals surface area (Å²) in [6.07, 6.45) is 18.8. The molecule has 2 aliphatic rings. The molecule has 0 heterocycles. The molecule has 2 heteroatoms. The molecule has 2 fully saturated rings. The van der Waals surface area contributed by atoms with E-state index in [0.29, 0.717) is 0 Å². The Morgan fingerprint density at radius 3 is 1.81 bits per heavy atom. The monoisotopic (exact) mass is 607 g/mol. The van der Waals surface area contributed by atoms with E-state index in [1.165, 1.54) is 87.8 Å². The summed E-state index contributed by atoms with van der Waals surface area (Å²) in [4.78, 5) is 0. The molecule has 0 aromatic heterocycles. The Balaban J connectivity index is -0.000000476. The zero-order valence-corrected chi connectivity index (χ0v) is 31.6. The third-order valence-corrected chi connectivity index (χ3v) is 8.49. The normalized spacial score (nSPS) is 20.1. The molecule has 4 atom stereocenters. The van der Waals surface area contributed by atoms with Crippen molar-refractivity contribution in [1.29, 1.82) is 0 Å². The van der Waals surface area contributed by atoms with Crippen LogP contribution in [0.5, 0.6) is 0 Å². The van der Waals surface area contributed by atoms with E-state index in [1.807, 2.05) is 39.8 Å². The first-order valence-electron chi connectivity index (χ1n) is 17.6. The van der Waals surface area contributed by atoms with Crippen LogP contribution in [0.2, 0.25) is 0 Å². The number of hydrogen-bond acceptors (Lipinski definition) is 1. The van der Waals surface area contributed by atoms with Crippen LogP contribution in [0.3, 0.4) is 0 Å². The molecule has 2 saturated carbocycles. The molecule has 0 nitrogen and oxygen atoms in total. The molecular formula is C40H75FS. The first-order chi connectivity index (χ1) is 19.8. The molecule has 0 N–H and O–H groups in total. The highest BCUT2D eigenvalue weighted by atomic mass is 32.1. The number of allylic oxidation sites excluding steroid dienone is 3. The number of hydrogen-bond donors (Lipinski definition) is 1. The van der Waals surface area contributed by atoms with Crippen LogP contribution in [0.25, 0.3) is 0 Å². The standard InChI is InChI=1S/C12H17FS.C9H18.C8H14.C6H12.C3H8.C2H6/c1-4-10-6-5-7-11(8-10)9(2)12(3,13)14;1-3-9-6-4-5-8(2)7-9;1-5-6-8(4)7(2)3;1-6-4-2-3-5-6;1-3-2;1-2/h5-9,14H,4H2,1-3H3;8-9H,3-7H2,1-2H3;6H,2,5H2,1,3-4H3;6H,2-5H2,1H3;3H2,1-2H3;1-2H3. The second kappa shape index (κ2) is 28.7. The largest absolute Gasteiger partial charge is 0.232 e. The van der Waals surface area contributed by atoms with Crippen molar-refractivity contribution >= 4 is 12.6 Å². The molecule has 2 aliphatic carbocycles. The Bertz CT molecular complexity index is 766. The lowest BCUT2D eigenvalue weighted by atomic mass is 9.81. The van der Waals surface area contributed by atoms with Crippen molar-refractivity contribution in [3.8, 4) is 0 Å². The van der Waals surface area contributed by atoms with Gasteiger partial charge in [-0.05, 0) is 68.9 Å². The maximum atomic E-state index is 13.6. The van der Waals surface area contributed by atoms with Crippen molar-refractivity contribution in [1.82, 2.24) is 0 Å². The van der Waals surface area contributed by atoms with Gasteiger partial charge >= 0.3 is 0 Å². The van der Waals surface area contributed by atoms with Crippen molar-refractivity contribution < 1.29 is 4.39 Å². The maximum Gasteiger partial charge on any atom is 0.157 e. The molecule has 0 saturated heterocycles. The van der Waals surface area contributed by atoms with Gasteiger partial charge in [0.2, 0.25) is 0 Å². The molecule has 0 amide bonds. The highest BCUT2D eigenvalue weighted by Crippen LogP contribution is 2.34. The van der Waals surface area contributed by atoms with Crippen molar-refractivity contribution in [2.75, 3.05) is 0 Å². The summed E-state index contributed by atoms with van der Waals surface area (Å²) in [5.41, 5.74) is 4.75. The van der Waals surface area contributed by atoms with Crippen LogP contribution in [-0.4, -0.2) is 5.00 Å². The molecule has 0 radical (unpaired) electrons. The number of thiol groups is 1. The topological polar surface area (TPSA) is 0 Å². The minimum atomic E-state index is -1.45. The molecule has 0 aliphatic heterocycles. The fourth-order valence-corrected chi connectivity index (χ4v) is 5.08. The van der Waals surface area contributed by atoms with Gasteiger partial charge in [-0.3, -0.25) is 0 Å².